The molecule has 0 radical (unpaired) electrons. The molecule has 0 aliphatic rings. The molecule has 172 valence electrons. The molecule has 0 spiro atoms. The molecule has 0 aromatic heterocycles. The molecule has 0 heterocycles. The first-order valence-electron chi connectivity index (χ1n) is 9.72. The molecular weight excluding hydrogens is 388 g/mol. The maximum Gasteiger partial charge on any atom is 0.330 e. The topological polar surface area (TPSA) is 85.4 Å². The summed E-state index contributed by atoms with van der Waals surface area (Å²) in [4.78, 5) is 37.9. The summed E-state index contributed by atoms with van der Waals surface area (Å²) in [7, 11) is 8.43. The van der Waals surface area contributed by atoms with E-state index < -0.39 is 23.3 Å². The molecule has 0 atom stereocenters. The third kappa shape index (κ3) is 16.5. The fourth-order valence-corrected chi connectivity index (χ4v) is 1.98. The first kappa shape index (κ1) is 29.7. The summed E-state index contributed by atoms with van der Waals surface area (Å²) in [5.74, 6) is -1.84. The van der Waals surface area contributed by atoms with Gasteiger partial charge < -0.3 is 24.0 Å². The van der Waals surface area contributed by atoms with Crippen LogP contribution in [0.1, 0.15) is 19.8 Å². The third-order valence-electron chi connectivity index (χ3n) is 4.02. The molecule has 8 nitrogen and oxygen atoms in total. The van der Waals surface area contributed by atoms with Crippen molar-refractivity contribution in [2.45, 2.75) is 19.8 Å². The van der Waals surface area contributed by atoms with Gasteiger partial charge in [0, 0.05) is 18.2 Å². The highest BCUT2D eigenvalue weighted by Gasteiger charge is 2.33. The minimum absolute atomic E-state index is 0.0802. The molecule has 0 aliphatic carbocycles. The van der Waals surface area contributed by atoms with Crippen LogP contribution in [0.2, 0.25) is 0 Å². The Morgan fingerprint density at radius 3 is 1.23 bits per heavy atom. The van der Waals surface area contributed by atoms with Gasteiger partial charge in [0.1, 0.15) is 19.8 Å². The molecule has 0 aromatic carbocycles. The SMILES string of the molecule is C=CC(=O)OCC(CC)(COC(=O)C=C)COC(=O)C=C.CN(C)CCCN(C)C. The van der Waals surface area contributed by atoms with Crippen molar-refractivity contribution in [3.05, 3.63) is 38.0 Å². The summed E-state index contributed by atoms with van der Waals surface area (Å²) in [6.45, 7) is 13.8. The van der Waals surface area contributed by atoms with Crippen LogP contribution in [0.4, 0.5) is 0 Å². The normalized spacial score (nSPS) is 10.5. The van der Waals surface area contributed by atoms with Gasteiger partial charge in [-0.15, -0.1) is 0 Å². The van der Waals surface area contributed by atoms with Crippen molar-refractivity contribution < 1.29 is 28.6 Å². The highest BCUT2D eigenvalue weighted by molar-refractivity contribution is 5.82. The number of rotatable bonds is 14. The molecule has 0 aromatic rings. The Hall–Kier alpha value is -2.45. The summed E-state index contributed by atoms with van der Waals surface area (Å²) in [6.07, 6.45) is 4.77. The van der Waals surface area contributed by atoms with E-state index in [-0.39, 0.29) is 19.8 Å². The Morgan fingerprint density at radius 2 is 1.03 bits per heavy atom. The number of carbonyl (C=O) groups is 3. The fourth-order valence-electron chi connectivity index (χ4n) is 1.98. The minimum atomic E-state index is -0.837. The van der Waals surface area contributed by atoms with E-state index in [2.05, 4.69) is 57.7 Å². The molecule has 0 amide bonds. The number of nitrogens with zero attached hydrogens (tertiary/aromatic N) is 2. The van der Waals surface area contributed by atoms with Crippen LogP contribution in [0, 0.1) is 5.41 Å². The molecule has 0 unspecified atom stereocenters. The zero-order valence-electron chi connectivity index (χ0n) is 19.1. The van der Waals surface area contributed by atoms with E-state index in [9.17, 15) is 14.4 Å². The van der Waals surface area contributed by atoms with Crippen LogP contribution in [0.15, 0.2) is 38.0 Å². The second-order valence-electron chi connectivity index (χ2n) is 7.25. The molecule has 0 bridgehead atoms. The lowest BCUT2D eigenvalue weighted by Crippen LogP contribution is -2.38. The molecule has 0 saturated heterocycles. The summed E-state index contributed by atoms with van der Waals surface area (Å²) in [6, 6.07) is 0. The van der Waals surface area contributed by atoms with E-state index in [0.29, 0.717) is 6.42 Å². The summed E-state index contributed by atoms with van der Waals surface area (Å²) >= 11 is 0. The van der Waals surface area contributed by atoms with Gasteiger partial charge in [0.25, 0.3) is 0 Å². The first-order chi connectivity index (χ1) is 14.1. The molecule has 30 heavy (non-hydrogen) atoms. The highest BCUT2D eigenvalue weighted by Crippen LogP contribution is 2.24. The van der Waals surface area contributed by atoms with E-state index in [1.165, 1.54) is 19.5 Å². The Balaban J connectivity index is 0. The van der Waals surface area contributed by atoms with Gasteiger partial charge >= 0.3 is 17.9 Å². The molecule has 0 N–H and O–H groups in total. The average molecular weight is 427 g/mol. The maximum absolute atomic E-state index is 11.2. The number of hydrogen-bond donors (Lipinski definition) is 0. The lowest BCUT2D eigenvalue weighted by molar-refractivity contribution is -0.156. The molecule has 0 fully saturated rings. The first-order valence-corrected chi connectivity index (χ1v) is 9.72. The molecule has 0 rings (SSSR count). The standard InChI is InChI=1S/C15H20O6.C7H18N2/c1-5-12(16)19-9-15(8-4,10-20-13(17)6-2)11-21-14(18)7-3;1-8(2)6-5-7-9(3)4/h5-7H,1-3,8-11H2,4H3;5-7H2,1-4H3. The largest absolute Gasteiger partial charge is 0.462 e. The predicted octanol–water partition coefficient (Wildman–Crippen LogP) is 2.07. The zero-order chi connectivity index (χ0) is 23.6. The van der Waals surface area contributed by atoms with Crippen LogP contribution in [0.25, 0.3) is 0 Å². The van der Waals surface area contributed by atoms with Gasteiger partial charge in [-0.1, -0.05) is 26.7 Å². The van der Waals surface area contributed by atoms with Gasteiger partial charge in [-0.2, -0.15) is 0 Å². The van der Waals surface area contributed by atoms with E-state index in [0.717, 1.165) is 18.2 Å². The lowest BCUT2D eigenvalue weighted by atomic mass is 9.88. The van der Waals surface area contributed by atoms with Crippen molar-refractivity contribution in [3.63, 3.8) is 0 Å². The van der Waals surface area contributed by atoms with Crippen LogP contribution in [-0.4, -0.2) is 88.8 Å². The van der Waals surface area contributed by atoms with E-state index in [4.69, 9.17) is 14.2 Å². The second kappa shape index (κ2) is 17.4. The van der Waals surface area contributed by atoms with Gasteiger partial charge in [-0.25, -0.2) is 14.4 Å². The van der Waals surface area contributed by atoms with Crippen LogP contribution >= 0.6 is 0 Å². The van der Waals surface area contributed by atoms with Crippen molar-refractivity contribution in [1.29, 1.82) is 0 Å². The predicted molar refractivity (Wildman–Crippen MR) is 118 cm³/mol. The maximum atomic E-state index is 11.2. The van der Waals surface area contributed by atoms with Crippen LogP contribution in [-0.2, 0) is 28.6 Å². The van der Waals surface area contributed by atoms with Gasteiger partial charge in [-0.05, 0) is 54.1 Å². The number of esters is 3. The van der Waals surface area contributed by atoms with E-state index in [1.54, 1.807) is 6.92 Å². The summed E-state index contributed by atoms with van der Waals surface area (Å²) in [5.41, 5.74) is -0.837. The Kier molecular flexibility index (Phi) is 17.3. The molecular formula is C22H38N2O6. The number of carbonyl (C=O) groups excluding carboxylic acids is 3. The lowest BCUT2D eigenvalue weighted by Gasteiger charge is -2.30. The minimum Gasteiger partial charge on any atom is -0.462 e. The van der Waals surface area contributed by atoms with Crippen molar-refractivity contribution in [2.24, 2.45) is 5.41 Å². The van der Waals surface area contributed by atoms with E-state index in [1.807, 2.05) is 0 Å². The van der Waals surface area contributed by atoms with Crippen molar-refractivity contribution >= 4 is 17.9 Å². The van der Waals surface area contributed by atoms with Crippen molar-refractivity contribution in [3.8, 4) is 0 Å². The molecule has 8 heteroatoms. The monoisotopic (exact) mass is 426 g/mol. The Bertz CT molecular complexity index is 490. The number of ether oxygens (including phenoxy) is 3. The fraction of sp³-hybridized carbons (Fsp3) is 0.591. The van der Waals surface area contributed by atoms with Gasteiger partial charge in [0.05, 0.1) is 5.41 Å². The van der Waals surface area contributed by atoms with Gasteiger partial charge in [0.2, 0.25) is 0 Å². The highest BCUT2D eigenvalue weighted by atomic mass is 16.6. The third-order valence-corrected chi connectivity index (χ3v) is 4.02. The van der Waals surface area contributed by atoms with Crippen LogP contribution in [0.3, 0.4) is 0 Å². The smallest absolute Gasteiger partial charge is 0.330 e. The molecule has 0 saturated carbocycles. The zero-order valence-corrected chi connectivity index (χ0v) is 19.1. The van der Waals surface area contributed by atoms with Crippen LogP contribution in [0.5, 0.6) is 0 Å². The number of hydrogen-bond acceptors (Lipinski definition) is 8. The average Bonchev–Trinajstić information content (AvgIpc) is 2.72. The van der Waals surface area contributed by atoms with E-state index >= 15 is 0 Å². The van der Waals surface area contributed by atoms with Crippen LogP contribution < -0.4 is 0 Å². The Morgan fingerprint density at radius 1 is 0.733 bits per heavy atom. The van der Waals surface area contributed by atoms with Crippen molar-refractivity contribution in [1.82, 2.24) is 9.80 Å². The van der Waals surface area contributed by atoms with Gasteiger partial charge in [-0.3, -0.25) is 0 Å². The Labute approximate surface area is 181 Å². The second-order valence-corrected chi connectivity index (χ2v) is 7.25. The summed E-state index contributed by atoms with van der Waals surface area (Å²) in [5, 5.41) is 0. The van der Waals surface area contributed by atoms with Crippen molar-refractivity contribution in [2.75, 3.05) is 61.1 Å². The molecule has 0 aliphatic heterocycles. The quantitative estimate of drug-likeness (QED) is 0.237. The summed E-state index contributed by atoms with van der Waals surface area (Å²) < 4.78 is 15.0. The van der Waals surface area contributed by atoms with Gasteiger partial charge in [0.15, 0.2) is 0 Å².